The Labute approximate surface area is 178 Å². The first kappa shape index (κ1) is 22.0. The molecule has 146 valence electrons. The van der Waals surface area contributed by atoms with Gasteiger partial charge in [-0.3, -0.25) is 9.63 Å². The zero-order valence-corrected chi connectivity index (χ0v) is 18.2. The van der Waals surface area contributed by atoms with Gasteiger partial charge in [-0.2, -0.15) is 0 Å². The van der Waals surface area contributed by atoms with Crippen molar-refractivity contribution in [2.45, 2.75) is 19.4 Å². The lowest BCUT2D eigenvalue weighted by Crippen LogP contribution is -2.27. The molecular formula is C18H19BrFIN2O4. The minimum atomic E-state index is -0.914. The van der Waals surface area contributed by atoms with Crippen LogP contribution in [0.25, 0.3) is 0 Å². The molecule has 0 aliphatic rings. The van der Waals surface area contributed by atoms with E-state index in [1.807, 2.05) is 25.1 Å². The molecule has 2 rings (SSSR count). The molecule has 4 N–H and O–H groups in total. The van der Waals surface area contributed by atoms with Gasteiger partial charge >= 0.3 is 0 Å². The van der Waals surface area contributed by atoms with Crippen LogP contribution >= 0.6 is 38.5 Å². The van der Waals surface area contributed by atoms with Crippen molar-refractivity contribution in [1.82, 2.24) is 5.48 Å². The fourth-order valence-electron chi connectivity index (χ4n) is 2.21. The van der Waals surface area contributed by atoms with Gasteiger partial charge < -0.3 is 15.5 Å². The van der Waals surface area contributed by atoms with Crippen LogP contribution in [0.1, 0.15) is 22.3 Å². The minimum Gasteiger partial charge on any atom is -0.394 e. The Kier molecular flexibility index (Phi) is 8.42. The molecule has 2 aromatic carbocycles. The second kappa shape index (κ2) is 10.3. The van der Waals surface area contributed by atoms with Crippen molar-refractivity contribution in [3.05, 3.63) is 55.3 Å². The van der Waals surface area contributed by atoms with E-state index in [1.54, 1.807) is 0 Å². The van der Waals surface area contributed by atoms with Crippen LogP contribution in [0, 0.1) is 16.3 Å². The van der Waals surface area contributed by atoms with Gasteiger partial charge in [0.05, 0.1) is 35.0 Å². The molecule has 0 saturated carbocycles. The first-order chi connectivity index (χ1) is 12.8. The summed E-state index contributed by atoms with van der Waals surface area (Å²) in [5, 5.41) is 21.1. The van der Waals surface area contributed by atoms with Gasteiger partial charge in [-0.25, -0.2) is 9.87 Å². The molecule has 9 heteroatoms. The summed E-state index contributed by atoms with van der Waals surface area (Å²) in [7, 11) is 0. The fraction of sp³-hybridized carbons (Fsp3) is 0.278. The number of amides is 1. The molecule has 1 amide bonds. The average molecular weight is 553 g/mol. The number of hydrogen-bond acceptors (Lipinski definition) is 5. The number of halogens is 3. The monoisotopic (exact) mass is 552 g/mol. The van der Waals surface area contributed by atoms with Gasteiger partial charge in [0.15, 0.2) is 0 Å². The van der Waals surface area contributed by atoms with Gasteiger partial charge in [0.25, 0.3) is 5.91 Å². The molecule has 1 unspecified atom stereocenters. The first-order valence-corrected chi connectivity index (χ1v) is 9.92. The molecule has 0 radical (unpaired) electrons. The number of aliphatic hydroxyl groups is 2. The number of nitrogens with one attached hydrogen (secondary N) is 2. The maximum Gasteiger partial charge on any atom is 0.276 e. The highest BCUT2D eigenvalue weighted by molar-refractivity contribution is 14.1. The second-order valence-corrected chi connectivity index (χ2v) is 7.90. The highest BCUT2D eigenvalue weighted by Gasteiger charge is 2.16. The van der Waals surface area contributed by atoms with Crippen molar-refractivity contribution in [2.24, 2.45) is 0 Å². The summed E-state index contributed by atoms with van der Waals surface area (Å²) in [5.41, 5.74) is 4.43. The Bertz CT molecular complexity index is 822. The molecule has 0 spiro atoms. The van der Waals surface area contributed by atoms with Crippen molar-refractivity contribution in [3.8, 4) is 0 Å². The molecule has 0 aliphatic heterocycles. The molecule has 0 aromatic heterocycles. The van der Waals surface area contributed by atoms with Gasteiger partial charge in [-0.1, -0.05) is 0 Å². The third-order valence-electron chi connectivity index (χ3n) is 3.69. The van der Waals surface area contributed by atoms with E-state index < -0.39 is 17.8 Å². The van der Waals surface area contributed by atoms with E-state index in [9.17, 15) is 14.3 Å². The zero-order chi connectivity index (χ0) is 20.0. The van der Waals surface area contributed by atoms with E-state index in [0.29, 0.717) is 0 Å². The van der Waals surface area contributed by atoms with Crippen molar-refractivity contribution >= 4 is 55.8 Å². The maximum atomic E-state index is 14.0. The lowest BCUT2D eigenvalue weighted by molar-refractivity contribution is 0.00705. The lowest BCUT2D eigenvalue weighted by Gasteiger charge is -2.15. The van der Waals surface area contributed by atoms with Crippen LogP contribution in [0.5, 0.6) is 0 Å². The third-order valence-corrected chi connectivity index (χ3v) is 4.97. The van der Waals surface area contributed by atoms with E-state index in [1.165, 1.54) is 12.1 Å². The van der Waals surface area contributed by atoms with Crippen LogP contribution in [-0.4, -0.2) is 35.4 Å². The summed E-state index contributed by atoms with van der Waals surface area (Å²) in [4.78, 5) is 17.5. The Morgan fingerprint density at radius 1 is 1.33 bits per heavy atom. The number of aliphatic hydroxyl groups excluding tert-OH is 2. The molecule has 27 heavy (non-hydrogen) atoms. The van der Waals surface area contributed by atoms with Crippen LogP contribution in [-0.2, 0) is 4.84 Å². The van der Waals surface area contributed by atoms with E-state index in [0.717, 1.165) is 14.8 Å². The highest BCUT2D eigenvalue weighted by atomic mass is 127. The molecule has 2 aromatic rings. The number of hydrogen-bond donors (Lipinski definition) is 4. The number of rotatable bonds is 8. The van der Waals surface area contributed by atoms with E-state index in [-0.39, 0.29) is 35.4 Å². The van der Waals surface area contributed by atoms with Crippen LogP contribution in [0.15, 0.2) is 34.8 Å². The number of hydroxylamine groups is 1. The third kappa shape index (κ3) is 6.39. The van der Waals surface area contributed by atoms with E-state index in [4.69, 9.17) is 9.94 Å². The number of carbonyl (C=O) groups excluding carboxylic acids is 1. The number of aryl methyl sites for hydroxylation is 1. The summed E-state index contributed by atoms with van der Waals surface area (Å²) in [6.45, 7) is 1.55. The molecule has 0 bridgehead atoms. The summed E-state index contributed by atoms with van der Waals surface area (Å²) in [6, 6.07) is 8.31. The Morgan fingerprint density at radius 3 is 2.74 bits per heavy atom. The molecular weight excluding hydrogens is 534 g/mol. The largest absolute Gasteiger partial charge is 0.394 e. The molecule has 0 saturated heterocycles. The first-order valence-electron chi connectivity index (χ1n) is 8.05. The minimum absolute atomic E-state index is 0.0226. The van der Waals surface area contributed by atoms with Gasteiger partial charge in [-0.05, 0) is 81.3 Å². The van der Waals surface area contributed by atoms with Crippen molar-refractivity contribution in [2.75, 3.05) is 18.5 Å². The molecule has 0 heterocycles. The summed E-state index contributed by atoms with van der Waals surface area (Å²) >= 11 is 5.28. The van der Waals surface area contributed by atoms with Crippen molar-refractivity contribution in [1.29, 1.82) is 0 Å². The molecule has 0 aliphatic carbocycles. The van der Waals surface area contributed by atoms with Gasteiger partial charge in [0.1, 0.15) is 5.82 Å². The zero-order valence-electron chi connectivity index (χ0n) is 14.4. The predicted octanol–water partition coefficient (Wildman–Crippen LogP) is 3.65. The van der Waals surface area contributed by atoms with Crippen LogP contribution in [0.2, 0.25) is 0 Å². The number of benzene rings is 2. The maximum absolute atomic E-state index is 14.0. The Morgan fingerprint density at radius 2 is 2.07 bits per heavy atom. The SMILES string of the molecule is Cc1cc(I)ccc1Nc1cc(F)c(Br)cc1C(=O)NOCCC(O)CO. The number of anilines is 2. The van der Waals surface area contributed by atoms with Crippen LogP contribution in [0.4, 0.5) is 15.8 Å². The fourth-order valence-corrected chi connectivity index (χ4v) is 3.20. The Balaban J connectivity index is 2.17. The van der Waals surface area contributed by atoms with Crippen LogP contribution < -0.4 is 10.8 Å². The smallest absolute Gasteiger partial charge is 0.276 e. The summed E-state index contributed by atoms with van der Waals surface area (Å²) < 4.78 is 15.2. The van der Waals surface area contributed by atoms with E-state index >= 15 is 0 Å². The van der Waals surface area contributed by atoms with Crippen molar-refractivity contribution in [3.63, 3.8) is 0 Å². The average Bonchev–Trinajstić information content (AvgIpc) is 2.63. The van der Waals surface area contributed by atoms with E-state index in [2.05, 4.69) is 49.3 Å². The van der Waals surface area contributed by atoms with Gasteiger partial charge in [0, 0.05) is 15.7 Å². The quantitative estimate of drug-likeness (QED) is 0.228. The summed E-state index contributed by atoms with van der Waals surface area (Å²) in [5.74, 6) is -1.08. The predicted molar refractivity (Wildman–Crippen MR) is 112 cm³/mol. The second-order valence-electron chi connectivity index (χ2n) is 5.80. The number of carbonyl (C=O) groups is 1. The van der Waals surface area contributed by atoms with Crippen LogP contribution in [0.3, 0.4) is 0 Å². The normalized spacial score (nSPS) is 11.9. The topological polar surface area (TPSA) is 90.8 Å². The Hall–Kier alpha value is -1.27. The van der Waals surface area contributed by atoms with Crippen molar-refractivity contribution < 1.29 is 24.2 Å². The molecule has 6 nitrogen and oxygen atoms in total. The lowest BCUT2D eigenvalue weighted by atomic mass is 10.1. The standard InChI is InChI=1S/C18H19BrFIN2O4/c1-10-6-11(21)2-3-16(10)22-17-8-15(20)14(19)7-13(17)18(26)23-27-5-4-12(25)9-24/h2-3,6-8,12,22,24-25H,4-5,9H2,1H3,(H,23,26). The summed E-state index contributed by atoms with van der Waals surface area (Å²) in [6.07, 6.45) is -0.750. The molecule has 1 atom stereocenters. The van der Waals surface area contributed by atoms with Gasteiger partial charge in [0.2, 0.25) is 0 Å². The van der Waals surface area contributed by atoms with Gasteiger partial charge in [-0.15, -0.1) is 0 Å². The highest BCUT2D eigenvalue weighted by Crippen LogP contribution is 2.29. The molecule has 0 fully saturated rings.